The Morgan fingerprint density at radius 2 is 1.78 bits per heavy atom. The van der Waals surface area contributed by atoms with E-state index in [4.69, 9.17) is 4.74 Å². The van der Waals surface area contributed by atoms with E-state index < -0.39 is 17.9 Å². The van der Waals surface area contributed by atoms with Gasteiger partial charge in [-0.15, -0.1) is 0 Å². The minimum Gasteiger partial charge on any atom is -0.508 e. The Morgan fingerprint density at radius 1 is 1.13 bits per heavy atom. The highest BCUT2D eigenvalue weighted by Gasteiger charge is 2.23. The molecule has 120 valence electrons. The Morgan fingerprint density at radius 3 is 2.39 bits per heavy atom. The molecule has 0 fully saturated rings. The van der Waals surface area contributed by atoms with E-state index in [0.717, 1.165) is 11.1 Å². The smallest absolute Gasteiger partial charge is 0.328 e. The molecule has 0 aliphatic heterocycles. The van der Waals surface area contributed by atoms with Gasteiger partial charge in [-0.1, -0.05) is 24.3 Å². The molecule has 0 bridgehead atoms. The van der Waals surface area contributed by atoms with Crippen LogP contribution in [0.1, 0.15) is 21.5 Å². The van der Waals surface area contributed by atoms with E-state index >= 15 is 0 Å². The summed E-state index contributed by atoms with van der Waals surface area (Å²) >= 11 is 0. The third-order valence-electron chi connectivity index (χ3n) is 3.61. The van der Waals surface area contributed by atoms with Crippen LogP contribution in [0.4, 0.5) is 0 Å². The summed E-state index contributed by atoms with van der Waals surface area (Å²) in [6.45, 7) is 1.95. The number of nitrogens with one attached hydrogen (secondary N) is 1. The van der Waals surface area contributed by atoms with Crippen molar-refractivity contribution in [1.82, 2.24) is 5.32 Å². The van der Waals surface area contributed by atoms with Crippen molar-refractivity contribution in [2.45, 2.75) is 19.4 Å². The Hall–Kier alpha value is -2.82. The molecule has 0 aliphatic carbocycles. The van der Waals surface area contributed by atoms with Gasteiger partial charge < -0.3 is 15.2 Å². The summed E-state index contributed by atoms with van der Waals surface area (Å²) in [5.41, 5.74) is 2.37. The fourth-order valence-electron chi connectivity index (χ4n) is 2.25. The molecule has 0 unspecified atom stereocenters. The molecule has 5 heteroatoms. The number of ether oxygens (including phenoxy) is 1. The van der Waals surface area contributed by atoms with E-state index in [9.17, 15) is 14.7 Å². The number of hydrogen-bond donors (Lipinski definition) is 2. The van der Waals surface area contributed by atoms with E-state index in [-0.39, 0.29) is 5.75 Å². The first-order valence-electron chi connectivity index (χ1n) is 7.23. The number of phenols is 1. The lowest BCUT2D eigenvalue weighted by atomic mass is 10.0. The Balaban J connectivity index is 2.16. The number of aryl methyl sites for hydroxylation is 1. The van der Waals surface area contributed by atoms with Crippen LogP contribution in [0.15, 0.2) is 48.5 Å². The van der Waals surface area contributed by atoms with Gasteiger partial charge in [0.05, 0.1) is 7.11 Å². The number of hydrogen-bond acceptors (Lipinski definition) is 4. The zero-order valence-electron chi connectivity index (χ0n) is 13.1. The molecule has 0 aliphatic rings. The summed E-state index contributed by atoms with van der Waals surface area (Å²) in [4.78, 5) is 24.2. The molecule has 1 amide bonds. The molecular weight excluding hydrogens is 294 g/mol. The molecule has 0 saturated carbocycles. The number of amides is 1. The Bertz CT molecular complexity index is 694. The van der Waals surface area contributed by atoms with Gasteiger partial charge >= 0.3 is 5.97 Å². The van der Waals surface area contributed by atoms with Crippen LogP contribution in [0.5, 0.6) is 5.75 Å². The second kappa shape index (κ2) is 7.45. The lowest BCUT2D eigenvalue weighted by Crippen LogP contribution is -2.43. The van der Waals surface area contributed by atoms with Gasteiger partial charge in [0.25, 0.3) is 5.91 Å². The van der Waals surface area contributed by atoms with Crippen molar-refractivity contribution in [1.29, 1.82) is 0 Å². The summed E-state index contributed by atoms with van der Waals surface area (Å²) in [5.74, 6) is -0.819. The molecule has 2 aromatic carbocycles. The summed E-state index contributed by atoms with van der Waals surface area (Å²) in [6.07, 6.45) is 0.350. The summed E-state index contributed by atoms with van der Waals surface area (Å²) in [7, 11) is 1.29. The van der Waals surface area contributed by atoms with Gasteiger partial charge in [0.15, 0.2) is 0 Å². The maximum atomic E-state index is 12.3. The second-order valence-corrected chi connectivity index (χ2v) is 5.23. The lowest BCUT2D eigenvalue weighted by Gasteiger charge is -2.17. The monoisotopic (exact) mass is 313 g/mol. The zero-order chi connectivity index (χ0) is 16.8. The first-order valence-corrected chi connectivity index (χ1v) is 7.23. The summed E-state index contributed by atoms with van der Waals surface area (Å²) < 4.78 is 4.79. The highest BCUT2D eigenvalue weighted by Crippen LogP contribution is 2.13. The van der Waals surface area contributed by atoms with E-state index in [2.05, 4.69) is 5.32 Å². The average Bonchev–Trinajstić information content (AvgIpc) is 2.56. The van der Waals surface area contributed by atoms with Gasteiger partial charge in [0, 0.05) is 12.0 Å². The number of carbonyl (C=O) groups excluding carboxylic acids is 2. The number of rotatable bonds is 5. The van der Waals surface area contributed by atoms with Gasteiger partial charge in [-0.3, -0.25) is 4.79 Å². The van der Waals surface area contributed by atoms with Crippen molar-refractivity contribution >= 4 is 11.9 Å². The highest BCUT2D eigenvalue weighted by molar-refractivity contribution is 5.96. The number of benzene rings is 2. The lowest BCUT2D eigenvalue weighted by molar-refractivity contribution is -0.142. The Labute approximate surface area is 134 Å². The summed E-state index contributed by atoms with van der Waals surface area (Å²) in [5, 5.41) is 12.0. The molecule has 5 nitrogen and oxygen atoms in total. The van der Waals surface area contributed by atoms with Gasteiger partial charge in [-0.05, 0) is 42.3 Å². The van der Waals surface area contributed by atoms with Crippen molar-refractivity contribution in [3.05, 3.63) is 65.2 Å². The van der Waals surface area contributed by atoms with Crippen molar-refractivity contribution < 1.29 is 19.4 Å². The highest BCUT2D eigenvalue weighted by atomic mass is 16.5. The fraction of sp³-hybridized carbons (Fsp3) is 0.222. The SMILES string of the molecule is COC(=O)[C@H](Cc1ccccc1C)NC(=O)c1ccc(O)cc1. The molecular formula is C18H19NO4. The summed E-state index contributed by atoms with van der Waals surface area (Å²) in [6, 6.07) is 12.7. The van der Waals surface area contributed by atoms with Crippen LogP contribution in [0.25, 0.3) is 0 Å². The average molecular weight is 313 g/mol. The molecule has 2 aromatic rings. The first-order chi connectivity index (χ1) is 11.0. The van der Waals surface area contributed by atoms with Crippen LogP contribution < -0.4 is 5.32 Å². The zero-order valence-corrected chi connectivity index (χ0v) is 13.1. The minimum atomic E-state index is -0.776. The second-order valence-electron chi connectivity index (χ2n) is 5.23. The number of carbonyl (C=O) groups is 2. The molecule has 1 atom stereocenters. The molecule has 0 saturated heterocycles. The van der Waals surface area contributed by atoms with E-state index in [1.165, 1.54) is 31.4 Å². The maximum Gasteiger partial charge on any atom is 0.328 e. The predicted octanol–water partition coefficient (Wildman–Crippen LogP) is 2.21. The molecule has 0 radical (unpaired) electrons. The third-order valence-corrected chi connectivity index (χ3v) is 3.61. The molecule has 0 heterocycles. The van der Waals surface area contributed by atoms with E-state index in [1.807, 2.05) is 31.2 Å². The van der Waals surface area contributed by atoms with Crippen molar-refractivity contribution in [3.63, 3.8) is 0 Å². The van der Waals surface area contributed by atoms with Gasteiger partial charge in [-0.25, -0.2) is 4.79 Å². The standard InChI is InChI=1S/C18H19NO4/c1-12-5-3-4-6-14(12)11-16(18(22)23-2)19-17(21)13-7-9-15(20)10-8-13/h3-10,16,20H,11H2,1-2H3,(H,19,21)/t16-/m0/s1. The van der Waals surface area contributed by atoms with Crippen LogP contribution in [0, 0.1) is 6.92 Å². The molecule has 2 N–H and O–H groups in total. The molecule has 23 heavy (non-hydrogen) atoms. The minimum absolute atomic E-state index is 0.0750. The normalized spacial score (nSPS) is 11.6. The number of esters is 1. The maximum absolute atomic E-state index is 12.3. The third kappa shape index (κ3) is 4.32. The first kappa shape index (κ1) is 16.5. The van der Waals surface area contributed by atoms with Crippen LogP contribution in [-0.4, -0.2) is 30.1 Å². The topological polar surface area (TPSA) is 75.6 Å². The molecule has 2 rings (SSSR count). The van der Waals surface area contributed by atoms with E-state index in [1.54, 1.807) is 0 Å². The van der Waals surface area contributed by atoms with E-state index in [0.29, 0.717) is 12.0 Å². The molecule has 0 aromatic heterocycles. The Kier molecular flexibility index (Phi) is 5.36. The van der Waals surface area contributed by atoms with Crippen LogP contribution in [-0.2, 0) is 16.0 Å². The largest absolute Gasteiger partial charge is 0.508 e. The van der Waals surface area contributed by atoms with Gasteiger partial charge in [-0.2, -0.15) is 0 Å². The van der Waals surface area contributed by atoms with Crippen LogP contribution in [0.3, 0.4) is 0 Å². The quantitative estimate of drug-likeness (QED) is 0.830. The van der Waals surface area contributed by atoms with Gasteiger partial charge in [0.2, 0.25) is 0 Å². The van der Waals surface area contributed by atoms with Crippen LogP contribution in [0.2, 0.25) is 0 Å². The van der Waals surface area contributed by atoms with Crippen molar-refractivity contribution in [2.24, 2.45) is 0 Å². The number of aromatic hydroxyl groups is 1. The fourth-order valence-corrected chi connectivity index (χ4v) is 2.25. The van der Waals surface area contributed by atoms with Gasteiger partial charge in [0.1, 0.15) is 11.8 Å². The van der Waals surface area contributed by atoms with Crippen LogP contribution >= 0.6 is 0 Å². The predicted molar refractivity (Wildman–Crippen MR) is 86.3 cm³/mol. The molecule has 0 spiro atoms. The number of methoxy groups -OCH3 is 1. The van der Waals surface area contributed by atoms with Crippen molar-refractivity contribution in [3.8, 4) is 5.75 Å². The number of phenolic OH excluding ortho intramolecular Hbond substituents is 1. The van der Waals surface area contributed by atoms with Crippen molar-refractivity contribution in [2.75, 3.05) is 7.11 Å².